The average molecular weight is 498 g/mol. The largest absolute Gasteiger partial charge is 0.507 e. The van der Waals surface area contributed by atoms with Gasteiger partial charge in [-0.1, -0.05) is 44.4 Å². The minimum Gasteiger partial charge on any atom is -0.507 e. The SMILES string of the molecule is C=C=Cc1c(C)c2c(c(O)c1C/C=C1/CCCSCC1C(CCCCC)C(=O)N(C)C)C(=O)OC2. The van der Waals surface area contributed by atoms with Gasteiger partial charge in [0.2, 0.25) is 5.91 Å². The first-order chi connectivity index (χ1) is 16.8. The minimum atomic E-state index is -0.472. The van der Waals surface area contributed by atoms with E-state index in [4.69, 9.17) is 4.74 Å². The molecule has 6 heteroatoms. The van der Waals surface area contributed by atoms with Crippen LogP contribution in [-0.2, 0) is 22.6 Å². The Hall–Kier alpha value is -2.43. The molecule has 5 nitrogen and oxygen atoms in total. The van der Waals surface area contributed by atoms with Crippen LogP contribution in [-0.4, -0.2) is 47.5 Å². The van der Waals surface area contributed by atoms with Gasteiger partial charge in [-0.15, -0.1) is 5.73 Å². The highest BCUT2D eigenvalue weighted by Gasteiger charge is 2.34. The Balaban J connectivity index is 2.02. The molecule has 0 radical (unpaired) electrons. The number of unbranched alkanes of at least 4 members (excludes halogenated alkanes) is 2. The van der Waals surface area contributed by atoms with Gasteiger partial charge in [0.25, 0.3) is 0 Å². The molecule has 1 amide bonds. The maximum atomic E-state index is 13.2. The van der Waals surface area contributed by atoms with Crippen molar-refractivity contribution >= 4 is 29.7 Å². The molecule has 1 fully saturated rings. The lowest BCUT2D eigenvalue weighted by Crippen LogP contribution is -2.36. The monoisotopic (exact) mass is 497 g/mol. The summed E-state index contributed by atoms with van der Waals surface area (Å²) in [6.45, 7) is 8.04. The number of rotatable bonds is 9. The van der Waals surface area contributed by atoms with Crippen molar-refractivity contribution in [1.29, 1.82) is 0 Å². The van der Waals surface area contributed by atoms with Crippen molar-refractivity contribution in [3.05, 3.63) is 51.8 Å². The lowest BCUT2D eigenvalue weighted by molar-refractivity contribution is -0.134. The molecule has 2 aliphatic heterocycles. The van der Waals surface area contributed by atoms with Crippen molar-refractivity contribution in [3.8, 4) is 5.75 Å². The lowest BCUT2D eigenvalue weighted by atomic mass is 9.80. The second-order valence-corrected chi connectivity index (χ2v) is 10.9. The van der Waals surface area contributed by atoms with Crippen LogP contribution in [0.4, 0.5) is 0 Å². The predicted octanol–water partition coefficient (Wildman–Crippen LogP) is 6.07. The van der Waals surface area contributed by atoms with E-state index in [1.807, 2.05) is 32.8 Å². The molecule has 3 rings (SSSR count). The Kier molecular flexibility index (Phi) is 9.71. The van der Waals surface area contributed by atoms with Gasteiger partial charge in [0.05, 0.1) is 0 Å². The number of amides is 1. The zero-order valence-corrected chi connectivity index (χ0v) is 22.4. The Labute approximate surface area is 214 Å². The number of hydrogen-bond acceptors (Lipinski definition) is 5. The molecule has 2 unspecified atom stereocenters. The van der Waals surface area contributed by atoms with Gasteiger partial charge in [-0.3, -0.25) is 4.79 Å². The number of nitrogens with zero attached hydrogens (tertiary/aromatic N) is 1. The van der Waals surface area contributed by atoms with E-state index < -0.39 is 5.97 Å². The number of phenols is 1. The third kappa shape index (κ3) is 6.05. The van der Waals surface area contributed by atoms with Gasteiger partial charge >= 0.3 is 5.97 Å². The summed E-state index contributed by atoms with van der Waals surface area (Å²) in [5, 5.41) is 11.1. The van der Waals surface area contributed by atoms with Crippen LogP contribution in [0.2, 0.25) is 0 Å². The number of fused-ring (bicyclic) bond motifs is 1. The molecular weight excluding hydrogens is 458 g/mol. The summed E-state index contributed by atoms with van der Waals surface area (Å²) in [4.78, 5) is 27.3. The molecule has 0 bridgehead atoms. The van der Waals surface area contributed by atoms with Crippen molar-refractivity contribution in [1.82, 2.24) is 4.90 Å². The molecule has 1 saturated heterocycles. The number of phenolic OH excluding ortho intramolecular Hbond substituents is 1. The summed E-state index contributed by atoms with van der Waals surface area (Å²) in [5.41, 5.74) is 7.61. The van der Waals surface area contributed by atoms with Crippen LogP contribution in [0.15, 0.2) is 24.0 Å². The topological polar surface area (TPSA) is 66.8 Å². The Morgan fingerprint density at radius 2 is 2.14 bits per heavy atom. The molecule has 0 aliphatic carbocycles. The first-order valence-electron chi connectivity index (χ1n) is 12.7. The fourth-order valence-corrected chi connectivity index (χ4v) is 6.51. The van der Waals surface area contributed by atoms with Crippen LogP contribution in [0.1, 0.15) is 78.1 Å². The summed E-state index contributed by atoms with van der Waals surface area (Å²) >= 11 is 1.93. The molecule has 1 aromatic carbocycles. The summed E-state index contributed by atoms with van der Waals surface area (Å²) in [6, 6.07) is 0. The maximum absolute atomic E-state index is 13.2. The molecule has 190 valence electrons. The molecule has 35 heavy (non-hydrogen) atoms. The summed E-state index contributed by atoms with van der Waals surface area (Å²) in [7, 11) is 3.70. The van der Waals surface area contributed by atoms with E-state index in [2.05, 4.69) is 25.3 Å². The number of allylic oxidation sites excluding steroid dienone is 2. The van der Waals surface area contributed by atoms with E-state index in [9.17, 15) is 14.7 Å². The first kappa shape index (κ1) is 27.2. The number of ether oxygens (including phenoxy) is 1. The number of cyclic esters (lactones) is 1. The quantitative estimate of drug-likeness (QED) is 0.194. The molecule has 2 heterocycles. The van der Waals surface area contributed by atoms with Crippen LogP contribution in [0.3, 0.4) is 0 Å². The van der Waals surface area contributed by atoms with Gasteiger partial charge in [0.1, 0.15) is 17.9 Å². The van der Waals surface area contributed by atoms with E-state index in [1.165, 1.54) is 5.57 Å². The lowest BCUT2D eigenvalue weighted by Gasteiger charge is -2.29. The number of carbonyl (C=O) groups is 2. The van der Waals surface area contributed by atoms with Crippen molar-refractivity contribution in [3.63, 3.8) is 0 Å². The highest BCUT2D eigenvalue weighted by molar-refractivity contribution is 7.99. The van der Waals surface area contributed by atoms with Crippen LogP contribution >= 0.6 is 11.8 Å². The molecule has 0 saturated carbocycles. The molecule has 1 aromatic rings. The zero-order chi connectivity index (χ0) is 25.5. The maximum Gasteiger partial charge on any atom is 0.342 e. The van der Waals surface area contributed by atoms with E-state index in [0.717, 1.165) is 66.7 Å². The number of carbonyl (C=O) groups excluding carboxylic acids is 2. The number of benzene rings is 1. The standard InChI is InChI=1S/C29H39NO4S/c1-6-8-9-13-23(28(32)30(4)5)25-18-35-16-10-12-20(25)14-15-22-21(11-7-2)19(3)24-17-34-29(33)26(24)27(22)31/h11,14,23,25,31H,2,6,8-10,12-13,15-18H2,1,3-5H3/b20-14-. The third-order valence-corrected chi connectivity index (χ3v) is 8.44. The Morgan fingerprint density at radius 3 is 2.83 bits per heavy atom. The van der Waals surface area contributed by atoms with Crippen LogP contribution in [0, 0.1) is 18.8 Å². The van der Waals surface area contributed by atoms with Gasteiger partial charge in [0.15, 0.2) is 0 Å². The summed E-state index contributed by atoms with van der Waals surface area (Å²) in [5.74, 6) is 1.89. The molecule has 2 aliphatic rings. The van der Waals surface area contributed by atoms with Crippen molar-refractivity contribution < 1.29 is 19.4 Å². The average Bonchev–Trinajstić information content (AvgIpc) is 3.07. The number of hydrogen-bond donors (Lipinski definition) is 1. The Bertz CT molecular complexity index is 1040. The minimum absolute atomic E-state index is 0.00476. The second kappa shape index (κ2) is 12.5. The molecule has 0 spiro atoms. The van der Waals surface area contributed by atoms with Gasteiger partial charge in [-0.25, -0.2) is 4.79 Å². The van der Waals surface area contributed by atoms with Crippen molar-refractivity contribution in [2.45, 2.75) is 65.4 Å². The van der Waals surface area contributed by atoms with Gasteiger partial charge in [0, 0.05) is 42.8 Å². The van der Waals surface area contributed by atoms with E-state index in [-0.39, 0.29) is 35.7 Å². The molecule has 1 N–H and O–H groups in total. The fourth-order valence-electron chi connectivity index (χ4n) is 5.30. The second-order valence-electron chi connectivity index (χ2n) is 9.75. The number of esters is 1. The van der Waals surface area contributed by atoms with Gasteiger partial charge in [-0.2, -0.15) is 11.8 Å². The van der Waals surface area contributed by atoms with Gasteiger partial charge in [-0.05, 0) is 55.6 Å². The predicted molar refractivity (Wildman–Crippen MR) is 144 cm³/mol. The zero-order valence-electron chi connectivity index (χ0n) is 21.6. The fraction of sp³-hybridized carbons (Fsp3) is 0.552. The van der Waals surface area contributed by atoms with Crippen LogP contribution < -0.4 is 0 Å². The van der Waals surface area contributed by atoms with Crippen LogP contribution in [0.5, 0.6) is 5.75 Å². The summed E-state index contributed by atoms with van der Waals surface area (Å²) in [6.07, 6.45) is 10.7. The first-order valence-corrected chi connectivity index (χ1v) is 13.8. The van der Waals surface area contributed by atoms with E-state index >= 15 is 0 Å². The van der Waals surface area contributed by atoms with E-state index in [0.29, 0.717) is 12.0 Å². The van der Waals surface area contributed by atoms with E-state index in [1.54, 1.807) is 11.0 Å². The normalized spacial score (nSPS) is 19.5. The van der Waals surface area contributed by atoms with Crippen molar-refractivity contribution in [2.24, 2.45) is 11.8 Å². The van der Waals surface area contributed by atoms with Gasteiger partial charge < -0.3 is 14.7 Å². The molecular formula is C29H39NO4S. The Morgan fingerprint density at radius 1 is 1.37 bits per heavy atom. The third-order valence-electron chi connectivity index (χ3n) is 7.26. The smallest absolute Gasteiger partial charge is 0.342 e. The highest BCUT2D eigenvalue weighted by Crippen LogP contribution is 2.40. The highest BCUT2D eigenvalue weighted by atomic mass is 32.2. The number of thioether (sulfide) groups is 1. The molecule has 2 atom stereocenters. The summed E-state index contributed by atoms with van der Waals surface area (Å²) < 4.78 is 5.22. The van der Waals surface area contributed by atoms with Crippen LogP contribution in [0.25, 0.3) is 6.08 Å². The van der Waals surface area contributed by atoms with Crippen molar-refractivity contribution in [2.75, 3.05) is 25.6 Å². The number of aromatic hydroxyl groups is 1. The molecule has 0 aromatic heterocycles.